The summed E-state index contributed by atoms with van der Waals surface area (Å²) in [4.78, 5) is 1.46. The van der Waals surface area contributed by atoms with Gasteiger partial charge in [0.2, 0.25) is 0 Å². The average molecular weight is 287 g/mol. The van der Waals surface area contributed by atoms with Crippen LogP contribution in [0.2, 0.25) is 0 Å². The van der Waals surface area contributed by atoms with E-state index in [-0.39, 0.29) is 0 Å². The number of benzene rings is 1. The van der Waals surface area contributed by atoms with Gasteiger partial charge in [-0.25, -0.2) is 0 Å². The number of hydrogen-bond donors (Lipinski definition) is 1. The molecule has 2 aromatic rings. The van der Waals surface area contributed by atoms with E-state index in [2.05, 4.69) is 47.1 Å². The van der Waals surface area contributed by atoms with Crippen molar-refractivity contribution in [1.82, 2.24) is 5.32 Å². The second kappa shape index (κ2) is 6.42. The van der Waals surface area contributed by atoms with Crippen LogP contribution in [0.4, 0.5) is 0 Å². The van der Waals surface area contributed by atoms with Gasteiger partial charge in [-0.1, -0.05) is 18.2 Å². The molecule has 1 atom stereocenters. The highest BCUT2D eigenvalue weighted by atomic mass is 32.1. The predicted molar refractivity (Wildman–Crippen MR) is 84.5 cm³/mol. The van der Waals surface area contributed by atoms with Gasteiger partial charge in [-0.2, -0.15) is 0 Å². The second-order valence-corrected chi connectivity index (χ2v) is 6.40. The molecule has 106 valence electrons. The fraction of sp³-hybridized carbons (Fsp3) is 0.412. The highest BCUT2D eigenvalue weighted by Gasteiger charge is 2.31. The highest BCUT2D eigenvalue weighted by molar-refractivity contribution is 7.09. The van der Waals surface area contributed by atoms with Gasteiger partial charge in [-0.05, 0) is 54.3 Å². The molecule has 0 saturated heterocycles. The van der Waals surface area contributed by atoms with Crippen LogP contribution in [0, 0.1) is 5.92 Å². The second-order valence-electron chi connectivity index (χ2n) is 5.37. The van der Waals surface area contributed by atoms with Gasteiger partial charge >= 0.3 is 0 Å². The molecule has 1 aromatic carbocycles. The minimum Gasteiger partial charge on any atom is -0.497 e. The van der Waals surface area contributed by atoms with Crippen molar-refractivity contribution in [2.75, 3.05) is 13.7 Å². The van der Waals surface area contributed by atoms with Crippen LogP contribution in [0.1, 0.15) is 29.3 Å². The molecule has 1 aliphatic carbocycles. The largest absolute Gasteiger partial charge is 0.497 e. The maximum atomic E-state index is 5.24. The van der Waals surface area contributed by atoms with Crippen molar-refractivity contribution in [3.63, 3.8) is 0 Å². The molecule has 1 aliphatic rings. The lowest BCUT2D eigenvalue weighted by atomic mass is 10.0. The lowest BCUT2D eigenvalue weighted by Crippen LogP contribution is -2.25. The Bertz CT molecular complexity index is 516. The number of thiophene rings is 1. The van der Waals surface area contributed by atoms with Gasteiger partial charge in [-0.15, -0.1) is 11.3 Å². The van der Waals surface area contributed by atoms with Crippen LogP contribution < -0.4 is 10.1 Å². The van der Waals surface area contributed by atoms with E-state index in [0.717, 1.165) is 24.6 Å². The van der Waals surface area contributed by atoms with Gasteiger partial charge in [0, 0.05) is 17.5 Å². The van der Waals surface area contributed by atoms with E-state index in [1.54, 1.807) is 7.11 Å². The molecule has 1 heterocycles. The van der Waals surface area contributed by atoms with E-state index in [1.807, 2.05) is 11.3 Å². The summed E-state index contributed by atoms with van der Waals surface area (Å²) in [7, 11) is 1.71. The first-order chi connectivity index (χ1) is 9.86. The van der Waals surface area contributed by atoms with Crippen LogP contribution in [0.5, 0.6) is 5.75 Å². The maximum absolute atomic E-state index is 5.24. The molecule has 1 fully saturated rings. The quantitative estimate of drug-likeness (QED) is 0.830. The maximum Gasteiger partial charge on any atom is 0.118 e. The summed E-state index contributed by atoms with van der Waals surface area (Å²) in [6, 6.07) is 13.4. The molecule has 1 saturated carbocycles. The summed E-state index contributed by atoms with van der Waals surface area (Å²) in [5.41, 5.74) is 1.39. The smallest absolute Gasteiger partial charge is 0.118 e. The average Bonchev–Trinajstić information content (AvgIpc) is 3.20. The molecule has 0 bridgehead atoms. The van der Waals surface area contributed by atoms with Gasteiger partial charge in [0.1, 0.15) is 5.75 Å². The zero-order valence-electron chi connectivity index (χ0n) is 11.8. The van der Waals surface area contributed by atoms with E-state index in [4.69, 9.17) is 4.74 Å². The lowest BCUT2D eigenvalue weighted by molar-refractivity contribution is 0.414. The predicted octanol–water partition coefficient (Wildman–Crippen LogP) is 4.04. The fourth-order valence-corrected chi connectivity index (χ4v) is 3.31. The van der Waals surface area contributed by atoms with E-state index in [9.17, 15) is 0 Å². The van der Waals surface area contributed by atoms with Gasteiger partial charge in [0.05, 0.1) is 7.11 Å². The Morgan fingerprint density at radius 3 is 2.65 bits per heavy atom. The Kier molecular flexibility index (Phi) is 4.38. The van der Waals surface area contributed by atoms with Crippen LogP contribution >= 0.6 is 11.3 Å². The zero-order valence-corrected chi connectivity index (χ0v) is 12.7. The Labute approximate surface area is 124 Å². The van der Waals surface area contributed by atoms with E-state index < -0.39 is 0 Å². The Hall–Kier alpha value is -1.32. The van der Waals surface area contributed by atoms with Gasteiger partial charge in [0.25, 0.3) is 0 Å². The fourth-order valence-electron chi connectivity index (χ4n) is 2.60. The van der Waals surface area contributed by atoms with Gasteiger partial charge < -0.3 is 10.1 Å². The molecular formula is C17H21NOS. The summed E-state index contributed by atoms with van der Waals surface area (Å²) in [5, 5.41) is 5.89. The Balaban J connectivity index is 1.60. The number of nitrogens with one attached hydrogen (secondary N) is 1. The van der Waals surface area contributed by atoms with E-state index >= 15 is 0 Å². The first-order valence-electron chi connectivity index (χ1n) is 7.26. The number of hydrogen-bond acceptors (Lipinski definition) is 3. The summed E-state index contributed by atoms with van der Waals surface area (Å²) in [5.74, 6) is 1.74. The normalized spacial score (nSPS) is 16.1. The van der Waals surface area contributed by atoms with Crippen molar-refractivity contribution < 1.29 is 4.74 Å². The summed E-state index contributed by atoms with van der Waals surface area (Å²) >= 11 is 1.84. The van der Waals surface area contributed by atoms with Crippen LogP contribution in [-0.4, -0.2) is 13.7 Å². The SMILES string of the molecule is COc1ccc(C(NCCc2cccs2)C2CC2)cc1. The molecule has 1 N–H and O–H groups in total. The molecule has 0 aliphatic heterocycles. The number of methoxy groups -OCH3 is 1. The standard InChI is InChI=1S/C17H21NOS/c1-19-15-8-6-14(7-9-15)17(13-4-5-13)18-11-10-16-3-2-12-20-16/h2-3,6-9,12-13,17-18H,4-5,10-11H2,1H3. The van der Waals surface area contributed by atoms with E-state index in [0.29, 0.717) is 6.04 Å². The first-order valence-corrected chi connectivity index (χ1v) is 8.14. The minimum absolute atomic E-state index is 0.501. The molecular weight excluding hydrogens is 266 g/mol. The van der Waals surface area contributed by atoms with Crippen LogP contribution in [0.3, 0.4) is 0 Å². The number of ether oxygens (including phenoxy) is 1. The van der Waals surface area contributed by atoms with Crippen molar-refractivity contribution in [1.29, 1.82) is 0 Å². The third kappa shape index (κ3) is 3.41. The molecule has 1 unspecified atom stereocenters. The molecule has 1 aromatic heterocycles. The molecule has 3 rings (SSSR count). The third-order valence-corrected chi connectivity index (χ3v) is 4.82. The molecule has 0 amide bonds. The van der Waals surface area contributed by atoms with Crippen LogP contribution in [0.15, 0.2) is 41.8 Å². The van der Waals surface area contributed by atoms with Crippen LogP contribution in [-0.2, 0) is 6.42 Å². The van der Waals surface area contributed by atoms with Crippen LogP contribution in [0.25, 0.3) is 0 Å². The summed E-state index contributed by atoms with van der Waals surface area (Å²) in [6.07, 6.45) is 3.82. The van der Waals surface area contributed by atoms with Crippen molar-refractivity contribution >= 4 is 11.3 Å². The molecule has 0 radical (unpaired) electrons. The van der Waals surface area contributed by atoms with Crippen molar-refractivity contribution in [3.8, 4) is 5.75 Å². The lowest BCUT2D eigenvalue weighted by Gasteiger charge is -2.19. The van der Waals surface area contributed by atoms with Crippen molar-refractivity contribution in [2.45, 2.75) is 25.3 Å². The molecule has 0 spiro atoms. The summed E-state index contributed by atoms with van der Waals surface area (Å²) < 4.78 is 5.24. The molecule has 3 heteroatoms. The zero-order chi connectivity index (χ0) is 13.8. The molecule has 2 nitrogen and oxygen atoms in total. The minimum atomic E-state index is 0.501. The highest BCUT2D eigenvalue weighted by Crippen LogP contribution is 2.41. The van der Waals surface area contributed by atoms with Crippen molar-refractivity contribution in [2.24, 2.45) is 5.92 Å². The monoisotopic (exact) mass is 287 g/mol. The number of rotatable bonds is 7. The van der Waals surface area contributed by atoms with Gasteiger partial charge in [-0.3, -0.25) is 0 Å². The van der Waals surface area contributed by atoms with Crippen molar-refractivity contribution in [3.05, 3.63) is 52.2 Å². The van der Waals surface area contributed by atoms with E-state index in [1.165, 1.54) is 23.3 Å². The topological polar surface area (TPSA) is 21.3 Å². The summed E-state index contributed by atoms with van der Waals surface area (Å²) in [6.45, 7) is 1.05. The molecule has 20 heavy (non-hydrogen) atoms. The third-order valence-electron chi connectivity index (χ3n) is 3.88. The Morgan fingerprint density at radius 1 is 1.25 bits per heavy atom. The van der Waals surface area contributed by atoms with Gasteiger partial charge in [0.15, 0.2) is 0 Å². The first kappa shape index (κ1) is 13.7. The Morgan fingerprint density at radius 2 is 2.05 bits per heavy atom.